The lowest BCUT2D eigenvalue weighted by molar-refractivity contribution is -0.185. The fraction of sp³-hybridized carbons (Fsp3) is 0.111. The van der Waals surface area contributed by atoms with Gasteiger partial charge in [0.05, 0.1) is 5.56 Å². The van der Waals surface area contributed by atoms with Gasteiger partial charge in [-0.3, -0.25) is 0 Å². The first-order chi connectivity index (χ1) is 21.1. The van der Waals surface area contributed by atoms with Crippen LogP contribution in [0.3, 0.4) is 0 Å². The summed E-state index contributed by atoms with van der Waals surface area (Å²) in [5.74, 6) is -3.58. The van der Waals surface area contributed by atoms with Crippen LogP contribution in [0.15, 0.2) is 109 Å². The maximum absolute atomic E-state index is 15.2. The van der Waals surface area contributed by atoms with Gasteiger partial charge in [-0.1, -0.05) is 72.3 Å². The molecule has 0 unspecified atom stereocenters. The van der Waals surface area contributed by atoms with Gasteiger partial charge >= 0.3 is 6.11 Å². The fourth-order valence-corrected chi connectivity index (χ4v) is 4.87. The summed E-state index contributed by atoms with van der Waals surface area (Å²) < 4.78 is 92.4. The molecule has 0 saturated heterocycles. The van der Waals surface area contributed by atoms with E-state index in [2.05, 4.69) is 0 Å². The second kappa shape index (κ2) is 13.0. The van der Waals surface area contributed by atoms with E-state index >= 15 is 4.39 Å². The zero-order valence-corrected chi connectivity index (χ0v) is 24.1. The minimum atomic E-state index is -3.56. The summed E-state index contributed by atoms with van der Waals surface area (Å²) in [7, 11) is 0. The highest BCUT2D eigenvalue weighted by atomic mass is 35.5. The zero-order valence-electron chi connectivity index (χ0n) is 23.4. The molecular formula is C36H25ClF6O. The van der Waals surface area contributed by atoms with Gasteiger partial charge in [-0.2, -0.15) is 8.78 Å². The maximum Gasteiger partial charge on any atom is 0.426 e. The summed E-state index contributed by atoms with van der Waals surface area (Å²) in [6, 6.07) is 21.8. The summed E-state index contributed by atoms with van der Waals surface area (Å²) in [5, 5.41) is -0.690. The molecule has 5 rings (SSSR count). The van der Waals surface area contributed by atoms with Gasteiger partial charge in [0, 0.05) is 11.1 Å². The van der Waals surface area contributed by atoms with Crippen molar-refractivity contribution in [3.8, 4) is 39.1 Å². The average molecular weight is 623 g/mol. The zero-order chi connectivity index (χ0) is 31.4. The molecule has 0 spiro atoms. The second-order valence-corrected chi connectivity index (χ2v) is 10.5. The molecule has 0 N–H and O–H groups in total. The first-order valence-corrected chi connectivity index (χ1v) is 14.1. The van der Waals surface area contributed by atoms with Crippen molar-refractivity contribution in [2.75, 3.05) is 0 Å². The molecule has 44 heavy (non-hydrogen) atoms. The van der Waals surface area contributed by atoms with Crippen molar-refractivity contribution in [3.05, 3.63) is 149 Å². The molecule has 0 radical (unpaired) electrons. The number of rotatable bonds is 9. The highest BCUT2D eigenvalue weighted by molar-refractivity contribution is 6.31. The van der Waals surface area contributed by atoms with Crippen LogP contribution in [0.4, 0.5) is 26.3 Å². The van der Waals surface area contributed by atoms with Crippen LogP contribution in [0.5, 0.6) is 5.75 Å². The van der Waals surface area contributed by atoms with Crippen molar-refractivity contribution in [3.63, 3.8) is 0 Å². The third-order valence-electron chi connectivity index (χ3n) is 7.10. The van der Waals surface area contributed by atoms with Crippen LogP contribution in [-0.2, 0) is 12.5 Å². The van der Waals surface area contributed by atoms with E-state index in [0.717, 1.165) is 36.6 Å². The van der Waals surface area contributed by atoms with Crippen LogP contribution in [0.25, 0.3) is 33.4 Å². The molecule has 5 aromatic rings. The van der Waals surface area contributed by atoms with Crippen LogP contribution in [0, 0.1) is 23.3 Å². The van der Waals surface area contributed by atoms with Crippen molar-refractivity contribution < 1.29 is 31.1 Å². The number of benzene rings is 5. The van der Waals surface area contributed by atoms with E-state index in [1.807, 2.05) is 19.1 Å². The van der Waals surface area contributed by atoms with Crippen LogP contribution in [0.1, 0.15) is 24.5 Å². The normalized spacial score (nSPS) is 11.7. The molecule has 224 valence electrons. The standard InChI is InChI=1S/C36H25ClF6O/c1-2-3-4-5-22-6-12-27(13-7-22)36(42,43)44-28-14-8-23(9-15-28)24-10-16-29(31(38)18-24)25-11-17-30(32(39)19-25)26-20-33(40)35(37)34(41)21-26/h2-3,6-21H,4-5H2,1H3/b3-2+. The Bertz CT molecular complexity index is 1790. The van der Waals surface area contributed by atoms with Crippen molar-refractivity contribution in [2.24, 2.45) is 0 Å². The van der Waals surface area contributed by atoms with Crippen molar-refractivity contribution in [2.45, 2.75) is 25.9 Å². The SMILES string of the molecule is C/C=C/CCc1ccc(C(F)(F)Oc2ccc(-c3ccc(-c4ccc(-c5cc(F)c(Cl)c(F)c5)c(F)c4)c(F)c3)cc2)cc1. The molecule has 0 amide bonds. The van der Waals surface area contributed by atoms with E-state index in [9.17, 15) is 22.0 Å². The van der Waals surface area contributed by atoms with Crippen molar-refractivity contribution in [1.29, 1.82) is 0 Å². The van der Waals surface area contributed by atoms with Crippen LogP contribution < -0.4 is 4.74 Å². The number of alkyl halides is 2. The number of hydrogen-bond donors (Lipinski definition) is 0. The molecule has 0 bridgehead atoms. The predicted molar refractivity (Wildman–Crippen MR) is 162 cm³/mol. The Labute approximate surface area is 256 Å². The Hall–Kier alpha value is -4.49. The topological polar surface area (TPSA) is 9.23 Å². The molecule has 0 saturated carbocycles. The smallest absolute Gasteiger partial charge is 0.426 e. The minimum absolute atomic E-state index is 0.0527. The average Bonchev–Trinajstić information content (AvgIpc) is 3.00. The van der Waals surface area contributed by atoms with Gasteiger partial charge in [0.15, 0.2) is 0 Å². The molecule has 0 aromatic heterocycles. The predicted octanol–water partition coefficient (Wildman–Crippen LogP) is 11.5. The molecule has 5 aromatic carbocycles. The second-order valence-electron chi connectivity index (χ2n) is 10.1. The first kappa shape index (κ1) is 31.0. The van der Waals surface area contributed by atoms with Gasteiger partial charge in [0.1, 0.15) is 34.0 Å². The number of ether oxygens (including phenoxy) is 1. The Morgan fingerprint density at radius 2 is 1.16 bits per heavy atom. The maximum atomic E-state index is 15.2. The number of aryl methyl sites for hydroxylation is 1. The van der Waals surface area contributed by atoms with Gasteiger partial charge in [0.2, 0.25) is 0 Å². The largest absolute Gasteiger partial charge is 0.429 e. The van der Waals surface area contributed by atoms with Crippen LogP contribution in [-0.4, -0.2) is 0 Å². The molecule has 0 heterocycles. The third kappa shape index (κ3) is 6.84. The van der Waals surface area contributed by atoms with E-state index in [1.165, 1.54) is 60.7 Å². The Kier molecular flexibility index (Phi) is 9.16. The lowest BCUT2D eigenvalue weighted by Crippen LogP contribution is -2.21. The van der Waals surface area contributed by atoms with E-state index in [1.54, 1.807) is 18.2 Å². The van der Waals surface area contributed by atoms with Gasteiger partial charge in [0.25, 0.3) is 0 Å². The summed E-state index contributed by atoms with van der Waals surface area (Å²) >= 11 is 5.51. The van der Waals surface area contributed by atoms with E-state index in [0.29, 0.717) is 11.1 Å². The molecule has 1 nitrogen and oxygen atoms in total. The molecule has 8 heteroatoms. The fourth-order valence-electron chi connectivity index (χ4n) is 4.76. The first-order valence-electron chi connectivity index (χ1n) is 13.7. The number of halogens is 7. The van der Waals surface area contributed by atoms with Gasteiger partial charge in [-0.15, -0.1) is 0 Å². The Balaban J connectivity index is 1.30. The molecule has 0 aliphatic heterocycles. The quantitative estimate of drug-likeness (QED) is 0.0902. The highest BCUT2D eigenvalue weighted by Gasteiger charge is 2.34. The molecule has 0 aliphatic rings. The Morgan fingerprint density at radius 3 is 1.75 bits per heavy atom. The molecule has 0 fully saturated rings. The van der Waals surface area contributed by atoms with Gasteiger partial charge in [-0.25, -0.2) is 17.6 Å². The Morgan fingerprint density at radius 1 is 0.636 bits per heavy atom. The van der Waals surface area contributed by atoms with Gasteiger partial charge < -0.3 is 4.74 Å². The summed E-state index contributed by atoms with van der Waals surface area (Å²) in [4.78, 5) is 0. The molecule has 0 atom stereocenters. The van der Waals surface area contributed by atoms with E-state index < -0.39 is 34.4 Å². The van der Waals surface area contributed by atoms with Crippen LogP contribution in [0.2, 0.25) is 5.02 Å². The van der Waals surface area contributed by atoms with Crippen LogP contribution >= 0.6 is 11.6 Å². The monoisotopic (exact) mass is 622 g/mol. The minimum Gasteiger partial charge on any atom is -0.429 e. The highest BCUT2D eigenvalue weighted by Crippen LogP contribution is 2.35. The molecular weight excluding hydrogens is 598 g/mol. The summed E-state index contributed by atoms with van der Waals surface area (Å²) in [6.07, 6.45) is 1.97. The van der Waals surface area contributed by atoms with Crippen molar-refractivity contribution >= 4 is 11.6 Å². The van der Waals surface area contributed by atoms with Gasteiger partial charge in [-0.05, 0) is 96.1 Å². The van der Waals surface area contributed by atoms with E-state index in [4.69, 9.17) is 16.3 Å². The summed E-state index contributed by atoms with van der Waals surface area (Å²) in [5.41, 5.74) is 1.85. The summed E-state index contributed by atoms with van der Waals surface area (Å²) in [6.45, 7) is 1.92. The number of hydrogen-bond acceptors (Lipinski definition) is 1. The lowest BCUT2D eigenvalue weighted by atomic mass is 9.97. The van der Waals surface area contributed by atoms with E-state index in [-0.39, 0.29) is 33.6 Å². The third-order valence-corrected chi connectivity index (χ3v) is 7.46. The number of allylic oxidation sites excluding steroid dienone is 2. The van der Waals surface area contributed by atoms with Crippen molar-refractivity contribution in [1.82, 2.24) is 0 Å². The lowest BCUT2D eigenvalue weighted by Gasteiger charge is -2.19. The molecule has 0 aliphatic carbocycles.